The van der Waals surface area contributed by atoms with Crippen molar-refractivity contribution >= 4 is 12.0 Å². The number of esters is 1. The van der Waals surface area contributed by atoms with Gasteiger partial charge in [0.15, 0.2) is 0 Å². The third-order valence-electron chi connectivity index (χ3n) is 3.26. The zero-order chi connectivity index (χ0) is 15.8. The summed E-state index contributed by atoms with van der Waals surface area (Å²) in [5.74, 6) is 0.561. The molecule has 0 aliphatic carbocycles. The Hall–Kier alpha value is -2.55. The molecule has 0 saturated heterocycles. The lowest BCUT2D eigenvalue weighted by Gasteiger charge is -2.15. The lowest BCUT2D eigenvalue weighted by molar-refractivity contribution is -0.146. The van der Waals surface area contributed by atoms with Crippen LogP contribution < -0.4 is 4.74 Å². The standard InChI is InChI=1S/C19H20O3/c1-15(20)22-19(17-8-4-3-5-9-17)10-6-7-16-11-13-18(21-2)14-12-16/h3-9,11-14,19H,10H2,1-2H3/b7-6+. The van der Waals surface area contributed by atoms with E-state index < -0.39 is 0 Å². The quantitative estimate of drug-likeness (QED) is 0.741. The van der Waals surface area contributed by atoms with E-state index in [2.05, 4.69) is 0 Å². The van der Waals surface area contributed by atoms with E-state index in [0.717, 1.165) is 16.9 Å². The molecule has 2 aromatic carbocycles. The number of carbonyl (C=O) groups excluding carboxylic acids is 1. The number of hydrogen-bond donors (Lipinski definition) is 0. The van der Waals surface area contributed by atoms with Crippen molar-refractivity contribution in [3.63, 3.8) is 0 Å². The van der Waals surface area contributed by atoms with Gasteiger partial charge in [0.05, 0.1) is 7.11 Å². The average molecular weight is 296 g/mol. The summed E-state index contributed by atoms with van der Waals surface area (Å²) in [6, 6.07) is 17.6. The van der Waals surface area contributed by atoms with Crippen molar-refractivity contribution in [2.24, 2.45) is 0 Å². The highest BCUT2D eigenvalue weighted by atomic mass is 16.5. The molecule has 0 heterocycles. The van der Waals surface area contributed by atoms with Crippen molar-refractivity contribution in [1.82, 2.24) is 0 Å². The van der Waals surface area contributed by atoms with Crippen LogP contribution in [0.25, 0.3) is 6.08 Å². The van der Waals surface area contributed by atoms with E-state index in [0.29, 0.717) is 6.42 Å². The van der Waals surface area contributed by atoms with Crippen LogP contribution in [-0.2, 0) is 9.53 Å². The molecule has 0 saturated carbocycles. The first kappa shape index (κ1) is 15.8. The molecule has 0 amide bonds. The van der Waals surface area contributed by atoms with Crippen LogP contribution in [0.1, 0.15) is 30.6 Å². The van der Waals surface area contributed by atoms with Crippen molar-refractivity contribution < 1.29 is 14.3 Å². The van der Waals surface area contributed by atoms with Crippen LogP contribution in [0.15, 0.2) is 60.7 Å². The van der Waals surface area contributed by atoms with Gasteiger partial charge in [0.25, 0.3) is 0 Å². The summed E-state index contributed by atoms with van der Waals surface area (Å²) in [6.07, 6.45) is 4.41. The third-order valence-corrected chi connectivity index (χ3v) is 3.26. The molecule has 22 heavy (non-hydrogen) atoms. The SMILES string of the molecule is COc1ccc(/C=C/CC(OC(C)=O)c2ccccc2)cc1. The topological polar surface area (TPSA) is 35.5 Å². The molecule has 0 aliphatic heterocycles. The van der Waals surface area contributed by atoms with Crippen molar-refractivity contribution in [3.05, 3.63) is 71.8 Å². The zero-order valence-corrected chi connectivity index (χ0v) is 12.9. The Morgan fingerprint density at radius 3 is 2.36 bits per heavy atom. The predicted molar refractivity (Wildman–Crippen MR) is 87.6 cm³/mol. The van der Waals surface area contributed by atoms with Gasteiger partial charge in [-0.25, -0.2) is 0 Å². The van der Waals surface area contributed by atoms with Gasteiger partial charge in [0, 0.05) is 13.3 Å². The molecule has 0 radical (unpaired) electrons. The van der Waals surface area contributed by atoms with Crippen LogP contribution >= 0.6 is 0 Å². The second kappa shape index (κ2) is 8.03. The molecule has 0 N–H and O–H groups in total. The Balaban J connectivity index is 2.03. The molecule has 0 aromatic heterocycles. The van der Waals surface area contributed by atoms with Crippen molar-refractivity contribution in [3.8, 4) is 5.75 Å². The van der Waals surface area contributed by atoms with Crippen molar-refractivity contribution in [1.29, 1.82) is 0 Å². The number of carbonyl (C=O) groups is 1. The normalized spacial score (nSPS) is 12.1. The molecule has 0 fully saturated rings. The maximum Gasteiger partial charge on any atom is 0.303 e. The molecule has 2 rings (SSSR count). The second-order valence-electron chi connectivity index (χ2n) is 4.92. The van der Waals surface area contributed by atoms with E-state index in [-0.39, 0.29) is 12.1 Å². The first-order valence-corrected chi connectivity index (χ1v) is 7.22. The molecule has 3 heteroatoms. The van der Waals surface area contributed by atoms with E-state index in [4.69, 9.17) is 9.47 Å². The first-order chi connectivity index (χ1) is 10.7. The van der Waals surface area contributed by atoms with E-state index in [1.807, 2.05) is 66.7 Å². The number of benzene rings is 2. The molecule has 1 atom stereocenters. The van der Waals surface area contributed by atoms with E-state index >= 15 is 0 Å². The largest absolute Gasteiger partial charge is 0.497 e. The number of rotatable bonds is 6. The predicted octanol–water partition coefficient (Wildman–Crippen LogP) is 4.40. The summed E-state index contributed by atoms with van der Waals surface area (Å²) in [6.45, 7) is 1.43. The van der Waals surface area contributed by atoms with Crippen LogP contribution in [0, 0.1) is 0 Å². The average Bonchev–Trinajstić information content (AvgIpc) is 2.55. The minimum Gasteiger partial charge on any atom is -0.497 e. The summed E-state index contributed by atoms with van der Waals surface area (Å²) in [4.78, 5) is 11.3. The fourth-order valence-corrected chi connectivity index (χ4v) is 2.16. The fraction of sp³-hybridized carbons (Fsp3) is 0.211. The molecule has 3 nitrogen and oxygen atoms in total. The Kier molecular flexibility index (Phi) is 5.78. The highest BCUT2D eigenvalue weighted by molar-refractivity contribution is 5.66. The van der Waals surface area contributed by atoms with Crippen LogP contribution in [0.3, 0.4) is 0 Å². The molecule has 0 spiro atoms. The molecule has 1 unspecified atom stereocenters. The van der Waals surface area contributed by atoms with Gasteiger partial charge in [-0.15, -0.1) is 0 Å². The van der Waals surface area contributed by atoms with Crippen molar-refractivity contribution in [2.45, 2.75) is 19.4 Å². The lowest BCUT2D eigenvalue weighted by Crippen LogP contribution is -2.07. The monoisotopic (exact) mass is 296 g/mol. The molecular weight excluding hydrogens is 276 g/mol. The van der Waals surface area contributed by atoms with Crippen LogP contribution in [-0.4, -0.2) is 13.1 Å². The summed E-state index contributed by atoms with van der Waals surface area (Å²) in [5, 5.41) is 0. The van der Waals surface area contributed by atoms with Gasteiger partial charge >= 0.3 is 5.97 Å². The molecule has 2 aromatic rings. The van der Waals surface area contributed by atoms with Gasteiger partial charge in [-0.05, 0) is 23.3 Å². The summed E-state index contributed by atoms with van der Waals surface area (Å²) in [7, 11) is 1.65. The van der Waals surface area contributed by atoms with Gasteiger partial charge in [0.1, 0.15) is 11.9 Å². The second-order valence-corrected chi connectivity index (χ2v) is 4.92. The summed E-state index contributed by atoms with van der Waals surface area (Å²) >= 11 is 0. The molecular formula is C19H20O3. The Morgan fingerprint density at radius 2 is 1.77 bits per heavy atom. The Labute approximate surface area is 131 Å². The van der Waals surface area contributed by atoms with Crippen LogP contribution in [0.4, 0.5) is 0 Å². The minimum atomic E-state index is -0.272. The molecule has 114 valence electrons. The van der Waals surface area contributed by atoms with Gasteiger partial charge in [-0.1, -0.05) is 54.6 Å². The smallest absolute Gasteiger partial charge is 0.303 e. The zero-order valence-electron chi connectivity index (χ0n) is 12.9. The van der Waals surface area contributed by atoms with Gasteiger partial charge < -0.3 is 9.47 Å². The van der Waals surface area contributed by atoms with Crippen molar-refractivity contribution in [2.75, 3.05) is 7.11 Å². The highest BCUT2D eigenvalue weighted by Crippen LogP contribution is 2.22. The summed E-state index contributed by atoms with van der Waals surface area (Å²) < 4.78 is 10.5. The van der Waals surface area contributed by atoms with Gasteiger partial charge in [-0.2, -0.15) is 0 Å². The molecule has 0 bridgehead atoms. The number of ether oxygens (including phenoxy) is 2. The van der Waals surface area contributed by atoms with Crippen LogP contribution in [0.2, 0.25) is 0 Å². The Morgan fingerprint density at radius 1 is 1.09 bits per heavy atom. The van der Waals surface area contributed by atoms with E-state index in [1.165, 1.54) is 6.92 Å². The van der Waals surface area contributed by atoms with E-state index in [1.54, 1.807) is 7.11 Å². The maximum atomic E-state index is 11.3. The molecule has 0 aliphatic rings. The number of methoxy groups -OCH3 is 1. The fourth-order valence-electron chi connectivity index (χ4n) is 2.16. The lowest BCUT2D eigenvalue weighted by atomic mass is 10.1. The minimum absolute atomic E-state index is 0.256. The Bertz CT molecular complexity index is 615. The van der Waals surface area contributed by atoms with Gasteiger partial charge in [0.2, 0.25) is 0 Å². The van der Waals surface area contributed by atoms with Gasteiger partial charge in [-0.3, -0.25) is 4.79 Å². The third kappa shape index (κ3) is 4.77. The van der Waals surface area contributed by atoms with E-state index in [9.17, 15) is 4.79 Å². The number of hydrogen-bond acceptors (Lipinski definition) is 3. The highest BCUT2D eigenvalue weighted by Gasteiger charge is 2.12. The first-order valence-electron chi connectivity index (χ1n) is 7.22. The van der Waals surface area contributed by atoms with Crippen LogP contribution in [0.5, 0.6) is 5.75 Å². The summed E-state index contributed by atoms with van der Waals surface area (Å²) in [5.41, 5.74) is 2.08. The maximum absolute atomic E-state index is 11.3.